The lowest BCUT2D eigenvalue weighted by Crippen LogP contribution is -2.04. The van der Waals surface area contributed by atoms with E-state index in [4.69, 9.17) is 10.8 Å². The van der Waals surface area contributed by atoms with Crippen molar-refractivity contribution in [3.05, 3.63) is 64.7 Å². The molecule has 0 aliphatic rings. The summed E-state index contributed by atoms with van der Waals surface area (Å²) in [7, 11) is 0. The van der Waals surface area contributed by atoms with Crippen LogP contribution in [-0.2, 0) is 12.6 Å². The number of rotatable bonds is 3. The molecule has 0 aliphatic carbocycles. The van der Waals surface area contributed by atoms with Gasteiger partial charge in [0.2, 0.25) is 0 Å². The number of carboxylic acid groups (broad SMARTS) is 1. The van der Waals surface area contributed by atoms with Crippen molar-refractivity contribution in [2.45, 2.75) is 12.6 Å². The second-order valence-corrected chi connectivity index (χ2v) is 4.64. The zero-order valence-corrected chi connectivity index (χ0v) is 10.8. The zero-order chi connectivity index (χ0) is 15.6. The first-order chi connectivity index (χ1) is 9.75. The molecule has 0 bridgehead atoms. The summed E-state index contributed by atoms with van der Waals surface area (Å²) in [6.07, 6.45) is -4.06. The molecule has 110 valence electrons. The van der Waals surface area contributed by atoms with E-state index in [-0.39, 0.29) is 5.56 Å². The highest BCUT2D eigenvalue weighted by Crippen LogP contribution is 2.29. The maximum absolute atomic E-state index is 12.5. The van der Waals surface area contributed by atoms with Crippen LogP contribution in [-0.4, -0.2) is 11.1 Å². The Hall–Kier alpha value is -2.50. The Morgan fingerprint density at radius 3 is 2.19 bits per heavy atom. The monoisotopic (exact) mass is 295 g/mol. The third-order valence-electron chi connectivity index (χ3n) is 2.95. The van der Waals surface area contributed by atoms with Gasteiger partial charge in [0.05, 0.1) is 11.1 Å². The van der Waals surface area contributed by atoms with E-state index in [0.717, 1.165) is 12.1 Å². The van der Waals surface area contributed by atoms with E-state index in [1.54, 1.807) is 6.07 Å². The average Bonchev–Trinajstić information content (AvgIpc) is 2.37. The molecule has 0 atom stereocenters. The standard InChI is InChI=1S/C15H12F3NO2/c16-15(17,18)12-3-1-9(2-4-12)5-10-6-11(14(20)21)8-13(19)7-10/h1-4,6-8H,5,19H2,(H,20,21). The summed E-state index contributed by atoms with van der Waals surface area (Å²) < 4.78 is 37.4. The molecule has 0 unspecified atom stereocenters. The van der Waals surface area contributed by atoms with Crippen molar-refractivity contribution in [3.63, 3.8) is 0 Å². The van der Waals surface area contributed by atoms with Gasteiger partial charge in [-0.2, -0.15) is 13.2 Å². The lowest BCUT2D eigenvalue weighted by atomic mass is 10.0. The number of halogens is 3. The van der Waals surface area contributed by atoms with E-state index in [2.05, 4.69) is 0 Å². The van der Waals surface area contributed by atoms with Crippen molar-refractivity contribution < 1.29 is 23.1 Å². The number of nitrogen functional groups attached to an aromatic ring is 1. The fourth-order valence-corrected chi connectivity index (χ4v) is 1.99. The molecule has 21 heavy (non-hydrogen) atoms. The molecule has 3 nitrogen and oxygen atoms in total. The number of hydrogen-bond donors (Lipinski definition) is 2. The van der Waals surface area contributed by atoms with Crippen LogP contribution >= 0.6 is 0 Å². The minimum Gasteiger partial charge on any atom is -0.478 e. The Morgan fingerprint density at radius 1 is 1.05 bits per heavy atom. The van der Waals surface area contributed by atoms with Gasteiger partial charge in [0.1, 0.15) is 0 Å². The third-order valence-corrected chi connectivity index (χ3v) is 2.95. The van der Waals surface area contributed by atoms with Crippen LogP contribution in [0, 0.1) is 0 Å². The van der Waals surface area contributed by atoms with Gasteiger partial charge >= 0.3 is 12.1 Å². The first-order valence-corrected chi connectivity index (χ1v) is 6.04. The van der Waals surface area contributed by atoms with Crippen molar-refractivity contribution >= 4 is 11.7 Å². The van der Waals surface area contributed by atoms with Crippen LogP contribution in [0.15, 0.2) is 42.5 Å². The molecule has 0 spiro atoms. The van der Waals surface area contributed by atoms with Gasteiger partial charge in [-0.25, -0.2) is 4.79 Å². The lowest BCUT2D eigenvalue weighted by Gasteiger charge is -2.08. The molecular formula is C15H12F3NO2. The average molecular weight is 295 g/mol. The first kappa shape index (κ1) is 14.9. The quantitative estimate of drug-likeness (QED) is 0.851. The van der Waals surface area contributed by atoms with Gasteiger partial charge in [-0.05, 0) is 47.9 Å². The van der Waals surface area contributed by atoms with Crippen LogP contribution in [0.2, 0.25) is 0 Å². The Balaban J connectivity index is 2.24. The summed E-state index contributed by atoms with van der Waals surface area (Å²) in [6.45, 7) is 0. The molecule has 0 saturated carbocycles. The summed E-state index contributed by atoms with van der Waals surface area (Å²) in [6, 6.07) is 9.12. The summed E-state index contributed by atoms with van der Waals surface area (Å²) in [5.74, 6) is -1.10. The van der Waals surface area contributed by atoms with Crippen molar-refractivity contribution in [2.75, 3.05) is 5.73 Å². The van der Waals surface area contributed by atoms with Gasteiger partial charge in [-0.15, -0.1) is 0 Å². The maximum atomic E-state index is 12.5. The molecule has 0 heterocycles. The van der Waals surface area contributed by atoms with Crippen LogP contribution < -0.4 is 5.73 Å². The van der Waals surface area contributed by atoms with Crippen LogP contribution in [0.1, 0.15) is 27.0 Å². The minimum atomic E-state index is -4.37. The van der Waals surface area contributed by atoms with Crippen molar-refractivity contribution in [1.82, 2.24) is 0 Å². The van der Waals surface area contributed by atoms with E-state index in [1.165, 1.54) is 24.3 Å². The highest BCUT2D eigenvalue weighted by atomic mass is 19.4. The molecule has 0 amide bonds. The van der Waals surface area contributed by atoms with Crippen LogP contribution in [0.4, 0.5) is 18.9 Å². The van der Waals surface area contributed by atoms with Crippen molar-refractivity contribution in [1.29, 1.82) is 0 Å². The smallest absolute Gasteiger partial charge is 0.416 e. The fourth-order valence-electron chi connectivity index (χ4n) is 1.99. The number of nitrogens with two attached hydrogens (primary N) is 1. The molecular weight excluding hydrogens is 283 g/mol. The molecule has 2 aromatic carbocycles. The number of carboxylic acids is 1. The zero-order valence-electron chi connectivity index (χ0n) is 10.8. The summed E-state index contributed by atoms with van der Waals surface area (Å²) in [4.78, 5) is 10.9. The Morgan fingerprint density at radius 2 is 1.67 bits per heavy atom. The number of hydrogen-bond acceptors (Lipinski definition) is 2. The van der Waals surface area contributed by atoms with E-state index >= 15 is 0 Å². The van der Waals surface area contributed by atoms with Gasteiger partial charge in [-0.3, -0.25) is 0 Å². The van der Waals surface area contributed by atoms with E-state index < -0.39 is 17.7 Å². The molecule has 0 aromatic heterocycles. The van der Waals surface area contributed by atoms with Gasteiger partial charge in [-0.1, -0.05) is 12.1 Å². The van der Waals surface area contributed by atoms with Crippen LogP contribution in [0.25, 0.3) is 0 Å². The van der Waals surface area contributed by atoms with Gasteiger partial charge in [0, 0.05) is 5.69 Å². The van der Waals surface area contributed by atoms with Gasteiger partial charge in [0.15, 0.2) is 0 Å². The third kappa shape index (κ3) is 3.75. The largest absolute Gasteiger partial charge is 0.478 e. The SMILES string of the molecule is Nc1cc(Cc2ccc(C(F)(F)F)cc2)cc(C(=O)O)c1. The molecule has 0 saturated heterocycles. The predicted octanol–water partition coefficient (Wildman–Crippen LogP) is 3.58. The predicted molar refractivity (Wildman–Crippen MR) is 72.1 cm³/mol. The summed E-state index contributed by atoms with van der Waals surface area (Å²) >= 11 is 0. The number of aromatic carboxylic acids is 1. The second-order valence-electron chi connectivity index (χ2n) is 4.64. The number of benzene rings is 2. The Kier molecular flexibility index (Phi) is 3.88. The molecule has 0 aliphatic heterocycles. The lowest BCUT2D eigenvalue weighted by molar-refractivity contribution is -0.137. The van der Waals surface area contributed by atoms with E-state index in [1.807, 2.05) is 0 Å². The molecule has 6 heteroatoms. The maximum Gasteiger partial charge on any atom is 0.416 e. The summed E-state index contributed by atoms with van der Waals surface area (Å²) in [5.41, 5.74) is 6.53. The van der Waals surface area contributed by atoms with Crippen LogP contribution in [0.5, 0.6) is 0 Å². The van der Waals surface area contributed by atoms with E-state index in [9.17, 15) is 18.0 Å². The highest BCUT2D eigenvalue weighted by molar-refractivity contribution is 5.89. The van der Waals surface area contributed by atoms with E-state index in [0.29, 0.717) is 23.2 Å². The first-order valence-electron chi connectivity index (χ1n) is 6.04. The molecule has 2 rings (SSSR count). The summed E-state index contributed by atoms with van der Waals surface area (Å²) in [5, 5.41) is 8.95. The number of carbonyl (C=O) groups is 1. The second kappa shape index (κ2) is 5.47. The normalized spacial score (nSPS) is 11.4. The van der Waals surface area contributed by atoms with Crippen LogP contribution in [0.3, 0.4) is 0 Å². The van der Waals surface area contributed by atoms with Gasteiger partial charge in [0.25, 0.3) is 0 Å². The molecule has 3 N–H and O–H groups in total. The number of alkyl halides is 3. The Bertz CT molecular complexity index is 664. The highest BCUT2D eigenvalue weighted by Gasteiger charge is 2.29. The topological polar surface area (TPSA) is 63.3 Å². The van der Waals surface area contributed by atoms with Gasteiger partial charge < -0.3 is 10.8 Å². The molecule has 0 radical (unpaired) electrons. The molecule has 0 fully saturated rings. The number of anilines is 1. The molecule has 2 aromatic rings. The minimum absolute atomic E-state index is 0.0527. The van der Waals surface area contributed by atoms with Crippen molar-refractivity contribution in [2.24, 2.45) is 0 Å². The Labute approximate surface area is 118 Å². The van der Waals surface area contributed by atoms with Crippen molar-refractivity contribution in [3.8, 4) is 0 Å². The fraction of sp³-hybridized carbons (Fsp3) is 0.133.